The van der Waals surface area contributed by atoms with Crippen LogP contribution in [0.15, 0.2) is 36.7 Å². The van der Waals surface area contributed by atoms with Gasteiger partial charge in [-0.2, -0.15) is 0 Å². The number of nitrogens with one attached hydrogen (secondary N) is 1. The normalized spacial score (nSPS) is 12.2. The largest absolute Gasteiger partial charge is 0.324 e. The summed E-state index contributed by atoms with van der Waals surface area (Å²) in [7, 11) is 0. The van der Waals surface area contributed by atoms with Crippen molar-refractivity contribution in [3.8, 4) is 0 Å². The average Bonchev–Trinajstić information content (AvgIpc) is 2.32. The van der Waals surface area contributed by atoms with Crippen molar-refractivity contribution in [1.29, 1.82) is 0 Å². The summed E-state index contributed by atoms with van der Waals surface area (Å²) in [6.45, 7) is 1.88. The summed E-state index contributed by atoms with van der Waals surface area (Å²) in [6.07, 6.45) is 2.23. The van der Waals surface area contributed by atoms with Gasteiger partial charge in [-0.1, -0.05) is 18.2 Å². The van der Waals surface area contributed by atoms with Crippen LogP contribution >= 0.6 is 11.6 Å². The molecule has 0 aliphatic heterocycles. The van der Waals surface area contributed by atoms with E-state index < -0.39 is 5.82 Å². The summed E-state index contributed by atoms with van der Waals surface area (Å²) < 4.78 is 12.7. The van der Waals surface area contributed by atoms with Crippen molar-refractivity contribution < 1.29 is 4.39 Å². The van der Waals surface area contributed by atoms with Crippen molar-refractivity contribution in [2.24, 2.45) is 0 Å². The van der Waals surface area contributed by atoms with Gasteiger partial charge in [0.05, 0.1) is 17.8 Å². The molecule has 0 saturated carbocycles. The van der Waals surface area contributed by atoms with Crippen LogP contribution in [-0.4, -0.2) is 9.97 Å². The van der Waals surface area contributed by atoms with Gasteiger partial charge in [0, 0.05) is 5.69 Å². The SMILES string of the molecule is CC(Cl)c1ccccc1Nc1ncc(F)cn1. The fourth-order valence-electron chi connectivity index (χ4n) is 1.45. The van der Waals surface area contributed by atoms with E-state index in [1.165, 1.54) is 0 Å². The lowest BCUT2D eigenvalue weighted by molar-refractivity contribution is 0.614. The van der Waals surface area contributed by atoms with Crippen LogP contribution in [0.25, 0.3) is 0 Å². The van der Waals surface area contributed by atoms with Crippen molar-refractivity contribution in [2.45, 2.75) is 12.3 Å². The van der Waals surface area contributed by atoms with E-state index in [0.29, 0.717) is 5.95 Å². The summed E-state index contributed by atoms with van der Waals surface area (Å²) in [6, 6.07) is 7.59. The summed E-state index contributed by atoms with van der Waals surface area (Å²) in [5.41, 5.74) is 1.77. The van der Waals surface area contributed by atoms with Gasteiger partial charge >= 0.3 is 0 Å². The predicted molar refractivity (Wildman–Crippen MR) is 66.0 cm³/mol. The van der Waals surface area contributed by atoms with Gasteiger partial charge in [-0.05, 0) is 18.6 Å². The third kappa shape index (κ3) is 2.91. The lowest BCUT2D eigenvalue weighted by Crippen LogP contribution is -2.00. The highest BCUT2D eigenvalue weighted by Gasteiger charge is 2.08. The Kier molecular flexibility index (Phi) is 3.54. The molecular weight excluding hydrogens is 241 g/mol. The molecule has 3 nitrogen and oxygen atoms in total. The third-order valence-corrected chi connectivity index (χ3v) is 2.49. The fourth-order valence-corrected chi connectivity index (χ4v) is 1.65. The zero-order valence-electron chi connectivity index (χ0n) is 9.19. The summed E-state index contributed by atoms with van der Waals surface area (Å²) in [5, 5.41) is 2.88. The highest BCUT2D eigenvalue weighted by Crippen LogP contribution is 2.28. The lowest BCUT2D eigenvalue weighted by atomic mass is 10.1. The molecule has 0 saturated heterocycles. The van der Waals surface area contributed by atoms with E-state index in [4.69, 9.17) is 11.6 Å². The number of alkyl halides is 1. The smallest absolute Gasteiger partial charge is 0.227 e. The highest BCUT2D eigenvalue weighted by molar-refractivity contribution is 6.21. The van der Waals surface area contributed by atoms with Crippen LogP contribution in [0.5, 0.6) is 0 Å². The van der Waals surface area contributed by atoms with Crippen molar-refractivity contribution in [3.63, 3.8) is 0 Å². The summed E-state index contributed by atoms with van der Waals surface area (Å²) in [4.78, 5) is 7.67. The Labute approximate surface area is 104 Å². The molecule has 0 fully saturated rings. The minimum absolute atomic E-state index is 0.126. The number of anilines is 2. The summed E-state index contributed by atoms with van der Waals surface area (Å²) in [5.74, 6) is -0.120. The molecule has 88 valence electrons. The predicted octanol–water partition coefficient (Wildman–Crippen LogP) is 3.66. The van der Waals surface area contributed by atoms with Gasteiger partial charge in [0.15, 0.2) is 5.82 Å². The minimum atomic E-state index is -0.463. The minimum Gasteiger partial charge on any atom is -0.324 e. The standard InChI is InChI=1S/C12H11ClFN3/c1-8(13)10-4-2-3-5-11(10)17-12-15-6-9(14)7-16-12/h2-8H,1H3,(H,15,16,17). The van der Waals surface area contributed by atoms with E-state index in [9.17, 15) is 4.39 Å². The number of para-hydroxylation sites is 1. The zero-order chi connectivity index (χ0) is 12.3. The van der Waals surface area contributed by atoms with E-state index in [1.54, 1.807) is 0 Å². The number of rotatable bonds is 3. The molecule has 1 unspecified atom stereocenters. The fraction of sp³-hybridized carbons (Fsp3) is 0.167. The van der Waals surface area contributed by atoms with Crippen LogP contribution in [0, 0.1) is 5.82 Å². The third-order valence-electron chi connectivity index (χ3n) is 2.26. The zero-order valence-corrected chi connectivity index (χ0v) is 9.95. The number of hydrogen-bond donors (Lipinski definition) is 1. The van der Waals surface area contributed by atoms with Crippen LogP contribution in [0.2, 0.25) is 0 Å². The first-order chi connectivity index (χ1) is 8.16. The Morgan fingerprint density at radius 3 is 2.53 bits per heavy atom. The van der Waals surface area contributed by atoms with Gasteiger partial charge in [-0.3, -0.25) is 0 Å². The van der Waals surface area contributed by atoms with Crippen LogP contribution < -0.4 is 5.32 Å². The van der Waals surface area contributed by atoms with Crippen LogP contribution in [0.1, 0.15) is 17.9 Å². The molecule has 0 radical (unpaired) electrons. The van der Waals surface area contributed by atoms with Crippen LogP contribution in [0.4, 0.5) is 16.0 Å². The molecule has 1 N–H and O–H groups in total. The molecular formula is C12H11ClFN3. The van der Waals surface area contributed by atoms with Gasteiger partial charge in [0.25, 0.3) is 0 Å². The molecule has 0 aliphatic rings. The molecule has 5 heteroatoms. The number of halogens is 2. The van der Waals surface area contributed by atoms with Crippen molar-refractivity contribution in [2.75, 3.05) is 5.32 Å². The second-order valence-corrected chi connectivity index (χ2v) is 4.21. The molecule has 17 heavy (non-hydrogen) atoms. The Hall–Kier alpha value is -1.68. The van der Waals surface area contributed by atoms with Crippen molar-refractivity contribution in [1.82, 2.24) is 9.97 Å². The van der Waals surface area contributed by atoms with Gasteiger partial charge < -0.3 is 5.32 Å². The molecule has 2 rings (SSSR count). The number of nitrogens with zero attached hydrogens (tertiary/aromatic N) is 2. The van der Waals surface area contributed by atoms with E-state index in [2.05, 4.69) is 15.3 Å². The Bertz CT molecular complexity index is 499. The molecule has 1 heterocycles. The Morgan fingerprint density at radius 1 is 1.24 bits per heavy atom. The van der Waals surface area contributed by atoms with Crippen molar-refractivity contribution in [3.05, 3.63) is 48.0 Å². The van der Waals surface area contributed by atoms with E-state index in [1.807, 2.05) is 31.2 Å². The molecule has 0 bridgehead atoms. The maximum absolute atomic E-state index is 12.7. The van der Waals surface area contributed by atoms with E-state index in [0.717, 1.165) is 23.6 Å². The molecule has 0 aliphatic carbocycles. The van der Waals surface area contributed by atoms with E-state index >= 15 is 0 Å². The molecule has 1 aromatic heterocycles. The first-order valence-corrected chi connectivity index (χ1v) is 5.58. The lowest BCUT2D eigenvalue weighted by Gasteiger charge is -2.11. The van der Waals surface area contributed by atoms with Gasteiger partial charge in [-0.25, -0.2) is 14.4 Å². The Morgan fingerprint density at radius 2 is 1.88 bits per heavy atom. The quantitative estimate of drug-likeness (QED) is 0.846. The number of aromatic nitrogens is 2. The molecule has 1 atom stereocenters. The van der Waals surface area contributed by atoms with Crippen LogP contribution in [-0.2, 0) is 0 Å². The molecule has 0 spiro atoms. The Balaban J connectivity index is 2.26. The second kappa shape index (κ2) is 5.10. The first kappa shape index (κ1) is 11.8. The average molecular weight is 252 g/mol. The number of benzene rings is 1. The highest BCUT2D eigenvalue weighted by atomic mass is 35.5. The van der Waals surface area contributed by atoms with Gasteiger partial charge in [0.2, 0.25) is 5.95 Å². The second-order valence-electron chi connectivity index (χ2n) is 3.55. The topological polar surface area (TPSA) is 37.8 Å². The van der Waals surface area contributed by atoms with Crippen LogP contribution in [0.3, 0.4) is 0 Å². The molecule has 2 aromatic rings. The number of hydrogen-bond acceptors (Lipinski definition) is 3. The summed E-state index contributed by atoms with van der Waals surface area (Å²) >= 11 is 6.06. The first-order valence-electron chi connectivity index (χ1n) is 5.14. The monoisotopic (exact) mass is 251 g/mol. The van der Waals surface area contributed by atoms with Gasteiger partial charge in [-0.15, -0.1) is 11.6 Å². The molecule has 1 aromatic carbocycles. The van der Waals surface area contributed by atoms with E-state index in [-0.39, 0.29) is 5.38 Å². The molecule has 0 amide bonds. The maximum atomic E-state index is 12.7. The van der Waals surface area contributed by atoms with Gasteiger partial charge in [0.1, 0.15) is 0 Å². The van der Waals surface area contributed by atoms with Crippen molar-refractivity contribution >= 4 is 23.2 Å². The maximum Gasteiger partial charge on any atom is 0.227 e.